The van der Waals surface area contributed by atoms with E-state index in [1.807, 2.05) is 24.3 Å². The van der Waals surface area contributed by atoms with Crippen LogP contribution in [0.4, 0.5) is 0 Å². The van der Waals surface area contributed by atoms with Crippen LogP contribution in [0.2, 0.25) is 10.0 Å². The Balaban J connectivity index is 1.63. The molecule has 3 rings (SSSR count). The standard InChI is InChI=1S/C22H28Cl2N2/c1-15(17-7-11-19(23)12-8-17)25-21-5-3-4-6-22(21)26-16(2)18-9-13-20(24)14-10-18/h7-16,21-22,25-26H,3-6H2,1-2H3/t15-,16-,21-,22-/m1/s1. The minimum atomic E-state index is 0.311. The normalized spacial score (nSPS) is 22.8. The fourth-order valence-electron chi connectivity index (χ4n) is 3.87. The summed E-state index contributed by atoms with van der Waals surface area (Å²) >= 11 is 12.0. The molecular formula is C22H28Cl2N2. The second-order valence-electron chi connectivity index (χ2n) is 7.38. The highest BCUT2D eigenvalue weighted by Crippen LogP contribution is 2.25. The monoisotopic (exact) mass is 390 g/mol. The highest BCUT2D eigenvalue weighted by Gasteiger charge is 2.27. The van der Waals surface area contributed by atoms with E-state index < -0.39 is 0 Å². The molecule has 1 aliphatic carbocycles. The number of hydrogen-bond acceptors (Lipinski definition) is 2. The molecule has 4 atom stereocenters. The third-order valence-electron chi connectivity index (χ3n) is 5.43. The summed E-state index contributed by atoms with van der Waals surface area (Å²) in [5.41, 5.74) is 2.56. The van der Waals surface area contributed by atoms with Crippen molar-refractivity contribution in [1.82, 2.24) is 10.6 Å². The molecule has 0 spiro atoms. The molecule has 0 aliphatic heterocycles. The molecule has 0 radical (unpaired) electrons. The van der Waals surface area contributed by atoms with Crippen LogP contribution >= 0.6 is 23.2 Å². The van der Waals surface area contributed by atoms with Crippen molar-refractivity contribution in [2.24, 2.45) is 0 Å². The summed E-state index contributed by atoms with van der Waals surface area (Å²) < 4.78 is 0. The van der Waals surface area contributed by atoms with E-state index >= 15 is 0 Å². The van der Waals surface area contributed by atoms with Crippen LogP contribution in [0.25, 0.3) is 0 Å². The van der Waals surface area contributed by atoms with Gasteiger partial charge in [0.25, 0.3) is 0 Å². The zero-order valence-corrected chi connectivity index (χ0v) is 17.0. The zero-order valence-electron chi connectivity index (χ0n) is 15.5. The number of rotatable bonds is 6. The topological polar surface area (TPSA) is 24.1 Å². The summed E-state index contributed by atoms with van der Waals surface area (Å²) in [4.78, 5) is 0. The second-order valence-corrected chi connectivity index (χ2v) is 8.25. The van der Waals surface area contributed by atoms with Gasteiger partial charge in [-0.25, -0.2) is 0 Å². The van der Waals surface area contributed by atoms with Crippen molar-refractivity contribution in [3.63, 3.8) is 0 Å². The predicted molar refractivity (Wildman–Crippen MR) is 112 cm³/mol. The maximum absolute atomic E-state index is 6.02. The number of benzene rings is 2. The average Bonchev–Trinajstić information content (AvgIpc) is 2.64. The van der Waals surface area contributed by atoms with Crippen LogP contribution in [0, 0.1) is 0 Å². The van der Waals surface area contributed by atoms with E-state index in [0.29, 0.717) is 24.2 Å². The largest absolute Gasteiger partial charge is 0.306 e. The first-order valence-corrected chi connectivity index (χ1v) is 10.3. The quantitative estimate of drug-likeness (QED) is 0.603. The van der Waals surface area contributed by atoms with Crippen molar-refractivity contribution >= 4 is 23.2 Å². The van der Waals surface area contributed by atoms with Gasteiger partial charge in [0.1, 0.15) is 0 Å². The third-order valence-corrected chi connectivity index (χ3v) is 5.94. The van der Waals surface area contributed by atoms with E-state index in [0.717, 1.165) is 10.0 Å². The van der Waals surface area contributed by atoms with E-state index in [-0.39, 0.29) is 0 Å². The van der Waals surface area contributed by atoms with E-state index in [1.54, 1.807) is 0 Å². The first kappa shape index (κ1) is 19.7. The van der Waals surface area contributed by atoms with Gasteiger partial charge in [-0.05, 0) is 62.1 Å². The Bertz CT molecular complexity index is 623. The van der Waals surface area contributed by atoms with E-state index in [2.05, 4.69) is 48.7 Å². The van der Waals surface area contributed by atoms with Crippen molar-refractivity contribution < 1.29 is 0 Å². The minimum Gasteiger partial charge on any atom is -0.306 e. The van der Waals surface area contributed by atoms with Gasteiger partial charge in [-0.1, -0.05) is 60.3 Å². The van der Waals surface area contributed by atoms with Crippen molar-refractivity contribution in [2.45, 2.75) is 63.7 Å². The Kier molecular flexibility index (Phi) is 6.99. The van der Waals surface area contributed by atoms with Gasteiger partial charge in [0.2, 0.25) is 0 Å². The molecule has 0 heterocycles. The first-order valence-electron chi connectivity index (χ1n) is 9.56. The predicted octanol–water partition coefficient (Wildman–Crippen LogP) is 6.31. The molecule has 4 heteroatoms. The highest BCUT2D eigenvalue weighted by atomic mass is 35.5. The molecule has 0 unspecified atom stereocenters. The molecule has 2 aromatic carbocycles. The third kappa shape index (κ3) is 5.23. The zero-order chi connectivity index (χ0) is 18.5. The molecule has 1 aliphatic rings. The molecular weight excluding hydrogens is 363 g/mol. The second kappa shape index (κ2) is 9.23. The van der Waals surface area contributed by atoms with Crippen LogP contribution in [-0.4, -0.2) is 12.1 Å². The molecule has 1 saturated carbocycles. The van der Waals surface area contributed by atoms with Gasteiger partial charge in [0.05, 0.1) is 0 Å². The maximum atomic E-state index is 6.02. The SMILES string of the molecule is C[C@@H](N[C@@H]1CCCC[C@H]1N[C@H](C)c1ccc(Cl)cc1)c1ccc(Cl)cc1. The molecule has 2 aromatic rings. The molecule has 1 fully saturated rings. The first-order chi connectivity index (χ1) is 12.5. The molecule has 0 bridgehead atoms. The molecule has 2 nitrogen and oxygen atoms in total. The van der Waals surface area contributed by atoms with E-state index in [9.17, 15) is 0 Å². The molecule has 0 saturated heterocycles. The van der Waals surface area contributed by atoms with Gasteiger partial charge < -0.3 is 10.6 Å². The lowest BCUT2D eigenvalue weighted by Gasteiger charge is -2.37. The fraction of sp³-hybridized carbons (Fsp3) is 0.455. The van der Waals surface area contributed by atoms with E-state index in [1.165, 1.54) is 36.8 Å². The van der Waals surface area contributed by atoms with Crippen LogP contribution in [-0.2, 0) is 0 Å². The Morgan fingerprint density at radius 1 is 0.692 bits per heavy atom. The molecule has 0 amide bonds. The van der Waals surface area contributed by atoms with Gasteiger partial charge >= 0.3 is 0 Å². The van der Waals surface area contributed by atoms with Gasteiger partial charge in [-0.15, -0.1) is 0 Å². The van der Waals surface area contributed by atoms with Crippen molar-refractivity contribution in [3.8, 4) is 0 Å². The summed E-state index contributed by atoms with van der Waals surface area (Å²) in [6.07, 6.45) is 5.00. The van der Waals surface area contributed by atoms with Gasteiger partial charge in [0.15, 0.2) is 0 Å². The average molecular weight is 391 g/mol. The van der Waals surface area contributed by atoms with Crippen LogP contribution in [0.5, 0.6) is 0 Å². The van der Waals surface area contributed by atoms with Gasteiger partial charge in [0, 0.05) is 34.2 Å². The maximum Gasteiger partial charge on any atom is 0.0406 e. The van der Waals surface area contributed by atoms with Crippen LogP contribution in [0.15, 0.2) is 48.5 Å². The fourth-order valence-corrected chi connectivity index (χ4v) is 4.12. The molecule has 140 valence electrons. The molecule has 26 heavy (non-hydrogen) atoms. The summed E-state index contributed by atoms with van der Waals surface area (Å²) in [6.45, 7) is 4.47. The summed E-state index contributed by atoms with van der Waals surface area (Å²) in [6, 6.07) is 17.9. The Labute approximate surface area is 167 Å². The highest BCUT2D eigenvalue weighted by molar-refractivity contribution is 6.30. The van der Waals surface area contributed by atoms with Crippen LogP contribution in [0.1, 0.15) is 62.7 Å². The Morgan fingerprint density at radius 3 is 1.38 bits per heavy atom. The summed E-state index contributed by atoms with van der Waals surface area (Å²) in [5, 5.41) is 9.26. The van der Waals surface area contributed by atoms with Crippen LogP contribution < -0.4 is 10.6 Å². The van der Waals surface area contributed by atoms with Crippen molar-refractivity contribution in [2.75, 3.05) is 0 Å². The summed E-state index contributed by atoms with van der Waals surface area (Å²) in [5.74, 6) is 0. The molecule has 0 aromatic heterocycles. The number of nitrogens with one attached hydrogen (secondary N) is 2. The van der Waals surface area contributed by atoms with Crippen LogP contribution in [0.3, 0.4) is 0 Å². The van der Waals surface area contributed by atoms with E-state index in [4.69, 9.17) is 23.2 Å². The van der Waals surface area contributed by atoms with Gasteiger partial charge in [-0.2, -0.15) is 0 Å². The number of halogens is 2. The Hall–Kier alpha value is -1.06. The summed E-state index contributed by atoms with van der Waals surface area (Å²) in [7, 11) is 0. The minimum absolute atomic E-state index is 0.311. The Morgan fingerprint density at radius 2 is 1.04 bits per heavy atom. The van der Waals surface area contributed by atoms with Crippen molar-refractivity contribution in [1.29, 1.82) is 0 Å². The smallest absolute Gasteiger partial charge is 0.0406 e. The lowest BCUT2D eigenvalue weighted by molar-refractivity contribution is 0.253. The van der Waals surface area contributed by atoms with Gasteiger partial charge in [-0.3, -0.25) is 0 Å². The van der Waals surface area contributed by atoms with Crippen molar-refractivity contribution in [3.05, 3.63) is 69.7 Å². The number of hydrogen-bond donors (Lipinski definition) is 2. The lowest BCUT2D eigenvalue weighted by atomic mass is 9.88. The lowest BCUT2D eigenvalue weighted by Crippen LogP contribution is -2.51. The molecule has 2 N–H and O–H groups in total.